The highest BCUT2D eigenvalue weighted by atomic mass is 16.5. The number of fused-ring (bicyclic) bond motifs is 5. The Kier molecular flexibility index (Phi) is 4.61. The first-order valence-corrected chi connectivity index (χ1v) is 10.4. The molecule has 5 rings (SSSR count). The molecule has 3 aliphatic rings. The molecule has 31 heavy (non-hydrogen) atoms. The minimum Gasteiger partial charge on any atom is -0.465 e. The number of hydrogen-bond donors (Lipinski definition) is 0. The zero-order valence-corrected chi connectivity index (χ0v) is 16.9. The average molecular weight is 419 g/mol. The smallest absolute Gasteiger partial charge is 0.343 e. The highest BCUT2D eigenvalue weighted by molar-refractivity contribution is 6.22. The molecule has 1 heterocycles. The molecule has 0 unspecified atom stereocenters. The summed E-state index contributed by atoms with van der Waals surface area (Å²) in [5.74, 6) is -0.676. The first-order valence-electron chi connectivity index (χ1n) is 10.4. The first kappa shape index (κ1) is 19.5. The Bertz CT molecular complexity index is 1050. The number of imide groups is 1. The highest BCUT2D eigenvalue weighted by Gasteiger charge is 2.61. The van der Waals surface area contributed by atoms with Gasteiger partial charge in [-0.15, -0.1) is 0 Å². The van der Waals surface area contributed by atoms with Crippen LogP contribution in [0.5, 0.6) is 5.75 Å². The van der Waals surface area contributed by atoms with E-state index in [1.807, 2.05) is 0 Å². The van der Waals surface area contributed by atoms with Gasteiger partial charge in [-0.3, -0.25) is 14.5 Å². The molecule has 1 aliphatic heterocycles. The number of rotatable bonds is 4. The monoisotopic (exact) mass is 419 g/mol. The van der Waals surface area contributed by atoms with E-state index >= 15 is 0 Å². The van der Waals surface area contributed by atoms with E-state index in [1.165, 1.54) is 36.3 Å². The number of methoxy groups -OCH3 is 1. The van der Waals surface area contributed by atoms with Crippen molar-refractivity contribution < 1.29 is 28.7 Å². The molecule has 158 valence electrons. The number of esters is 2. The lowest BCUT2D eigenvalue weighted by Gasteiger charge is -2.19. The molecule has 0 N–H and O–H groups in total. The van der Waals surface area contributed by atoms with Gasteiger partial charge in [0.1, 0.15) is 5.75 Å². The summed E-state index contributed by atoms with van der Waals surface area (Å²) in [5.41, 5.74) is 1.13. The van der Waals surface area contributed by atoms with Crippen LogP contribution in [0, 0.1) is 23.7 Å². The van der Waals surface area contributed by atoms with Crippen LogP contribution >= 0.6 is 0 Å². The van der Waals surface area contributed by atoms with Crippen LogP contribution in [0.3, 0.4) is 0 Å². The second-order valence-electron chi connectivity index (χ2n) is 8.35. The summed E-state index contributed by atoms with van der Waals surface area (Å²) in [6, 6.07) is 12.3. The molecule has 2 amide bonds. The van der Waals surface area contributed by atoms with Gasteiger partial charge in [-0.2, -0.15) is 0 Å². The van der Waals surface area contributed by atoms with Crippen molar-refractivity contribution in [3.05, 3.63) is 59.7 Å². The first-order chi connectivity index (χ1) is 15.0. The van der Waals surface area contributed by atoms with Crippen molar-refractivity contribution in [1.29, 1.82) is 0 Å². The molecule has 2 aromatic rings. The van der Waals surface area contributed by atoms with E-state index in [9.17, 15) is 19.2 Å². The third-order valence-corrected chi connectivity index (χ3v) is 6.77. The van der Waals surface area contributed by atoms with E-state index in [-0.39, 0.29) is 29.4 Å². The molecule has 7 nitrogen and oxygen atoms in total. The minimum absolute atomic E-state index is 0.108. The summed E-state index contributed by atoms with van der Waals surface area (Å²) in [5, 5.41) is 0. The average Bonchev–Trinajstić information content (AvgIpc) is 3.47. The van der Waals surface area contributed by atoms with E-state index in [0.717, 1.165) is 19.3 Å². The fourth-order valence-corrected chi connectivity index (χ4v) is 5.35. The van der Waals surface area contributed by atoms with Crippen molar-refractivity contribution in [2.24, 2.45) is 23.7 Å². The van der Waals surface area contributed by atoms with Crippen molar-refractivity contribution >= 4 is 29.4 Å². The summed E-state index contributed by atoms with van der Waals surface area (Å²) in [7, 11) is 1.29. The number of benzene rings is 2. The number of anilines is 1. The van der Waals surface area contributed by atoms with Gasteiger partial charge in [-0.25, -0.2) is 9.59 Å². The van der Waals surface area contributed by atoms with Gasteiger partial charge in [0.15, 0.2) is 0 Å². The lowest BCUT2D eigenvalue weighted by Crippen LogP contribution is -2.32. The summed E-state index contributed by atoms with van der Waals surface area (Å²) < 4.78 is 9.97. The van der Waals surface area contributed by atoms with Crippen molar-refractivity contribution in [3.63, 3.8) is 0 Å². The molecule has 3 fully saturated rings. The van der Waals surface area contributed by atoms with E-state index < -0.39 is 11.9 Å². The van der Waals surface area contributed by atoms with E-state index in [1.54, 1.807) is 24.3 Å². The standard InChI is InChI=1S/C24H21NO6/c1-30-23(28)13-6-10-18(11-7-13)31-24(29)14-4-8-17(9-5-14)25-21(26)19-15-2-3-16(12-15)20(19)22(25)27/h4-11,15-16,19-20H,2-3,12H2,1H3/t15-,16-,19+,20+/m0/s1. The lowest BCUT2D eigenvalue weighted by molar-refractivity contribution is -0.123. The second-order valence-corrected chi connectivity index (χ2v) is 8.35. The van der Waals surface area contributed by atoms with Crippen LogP contribution in [0.1, 0.15) is 40.0 Å². The quantitative estimate of drug-likeness (QED) is 0.429. The van der Waals surface area contributed by atoms with Crippen LogP contribution in [0.2, 0.25) is 0 Å². The van der Waals surface area contributed by atoms with Crippen LogP contribution in [0.4, 0.5) is 5.69 Å². The Hall–Kier alpha value is -3.48. The van der Waals surface area contributed by atoms with Crippen LogP contribution in [-0.2, 0) is 14.3 Å². The van der Waals surface area contributed by atoms with Gasteiger partial charge in [-0.05, 0) is 79.6 Å². The minimum atomic E-state index is -0.577. The Balaban J connectivity index is 1.29. The van der Waals surface area contributed by atoms with E-state index in [0.29, 0.717) is 28.7 Å². The zero-order chi connectivity index (χ0) is 21.7. The maximum atomic E-state index is 12.9. The van der Waals surface area contributed by atoms with Crippen LogP contribution in [-0.4, -0.2) is 30.9 Å². The summed E-state index contributed by atoms with van der Waals surface area (Å²) in [6.45, 7) is 0. The van der Waals surface area contributed by atoms with Gasteiger partial charge in [0.2, 0.25) is 11.8 Å². The Labute approximate surface area is 178 Å². The van der Waals surface area contributed by atoms with Gasteiger partial charge in [0.05, 0.1) is 35.8 Å². The van der Waals surface area contributed by atoms with Crippen LogP contribution < -0.4 is 9.64 Å². The number of nitrogens with zero attached hydrogens (tertiary/aromatic N) is 1. The van der Waals surface area contributed by atoms with Crippen molar-refractivity contribution in [1.82, 2.24) is 0 Å². The Morgan fingerprint density at radius 3 is 1.87 bits per heavy atom. The largest absolute Gasteiger partial charge is 0.465 e. The highest BCUT2D eigenvalue weighted by Crippen LogP contribution is 2.56. The molecule has 0 spiro atoms. The van der Waals surface area contributed by atoms with E-state index in [2.05, 4.69) is 4.74 Å². The number of carbonyl (C=O) groups excluding carboxylic acids is 4. The van der Waals surface area contributed by atoms with Crippen molar-refractivity contribution in [2.45, 2.75) is 19.3 Å². The van der Waals surface area contributed by atoms with Crippen molar-refractivity contribution in [2.75, 3.05) is 12.0 Å². The fourth-order valence-electron chi connectivity index (χ4n) is 5.35. The fraction of sp³-hybridized carbons (Fsp3) is 0.333. The normalized spacial score (nSPS) is 26.2. The number of amides is 2. The predicted octanol–water partition coefficient (Wildman–Crippen LogP) is 3.23. The zero-order valence-electron chi connectivity index (χ0n) is 16.9. The van der Waals surface area contributed by atoms with Crippen LogP contribution in [0.15, 0.2) is 48.5 Å². The summed E-state index contributed by atoms with van der Waals surface area (Å²) in [6.07, 6.45) is 3.06. The SMILES string of the molecule is COC(=O)c1ccc(OC(=O)c2ccc(N3C(=O)[C@@H]4[C@H]5CC[C@@H](C5)[C@H]4C3=O)cc2)cc1. The molecule has 7 heteroatoms. The van der Waals surface area contributed by atoms with Gasteiger partial charge >= 0.3 is 11.9 Å². The van der Waals surface area contributed by atoms with Gasteiger partial charge in [0.25, 0.3) is 0 Å². The molecule has 0 aromatic heterocycles. The number of carbonyl (C=O) groups is 4. The summed E-state index contributed by atoms with van der Waals surface area (Å²) in [4.78, 5) is 51.1. The van der Waals surface area contributed by atoms with Gasteiger partial charge < -0.3 is 9.47 Å². The maximum Gasteiger partial charge on any atom is 0.343 e. The second kappa shape index (κ2) is 7.34. The molecule has 0 radical (unpaired) electrons. The van der Waals surface area contributed by atoms with Gasteiger partial charge in [0, 0.05) is 0 Å². The molecule has 2 aliphatic carbocycles. The topological polar surface area (TPSA) is 90.0 Å². The molecule has 2 bridgehead atoms. The van der Waals surface area contributed by atoms with Gasteiger partial charge in [-0.1, -0.05) is 0 Å². The molecule has 2 aromatic carbocycles. The number of ether oxygens (including phenoxy) is 2. The molecular weight excluding hydrogens is 398 g/mol. The molecule has 2 saturated carbocycles. The maximum absolute atomic E-state index is 12.9. The van der Waals surface area contributed by atoms with Crippen LogP contribution in [0.25, 0.3) is 0 Å². The predicted molar refractivity (Wildman–Crippen MR) is 109 cm³/mol. The molecular formula is C24H21NO6. The molecule has 1 saturated heterocycles. The Morgan fingerprint density at radius 2 is 1.32 bits per heavy atom. The number of hydrogen-bond acceptors (Lipinski definition) is 6. The third kappa shape index (κ3) is 3.12. The van der Waals surface area contributed by atoms with Crippen molar-refractivity contribution in [3.8, 4) is 5.75 Å². The Morgan fingerprint density at radius 1 is 0.806 bits per heavy atom. The third-order valence-electron chi connectivity index (χ3n) is 6.77. The molecule has 4 atom stereocenters. The van der Waals surface area contributed by atoms with E-state index in [4.69, 9.17) is 4.74 Å². The lowest BCUT2D eigenvalue weighted by atomic mass is 9.81. The summed E-state index contributed by atoms with van der Waals surface area (Å²) >= 11 is 0.